The van der Waals surface area contributed by atoms with Crippen molar-refractivity contribution in [3.8, 4) is 0 Å². The molecule has 2 aliphatic heterocycles. The highest BCUT2D eigenvalue weighted by molar-refractivity contribution is 5.95. The van der Waals surface area contributed by atoms with Crippen LogP contribution in [0.1, 0.15) is 41.6 Å². The molecule has 2 unspecified atom stereocenters. The number of hydrogen-bond donors (Lipinski definition) is 1. The van der Waals surface area contributed by atoms with E-state index in [0.717, 1.165) is 36.8 Å². The van der Waals surface area contributed by atoms with Crippen LogP contribution in [-0.4, -0.2) is 41.2 Å². The van der Waals surface area contributed by atoms with E-state index in [0.29, 0.717) is 6.61 Å². The van der Waals surface area contributed by atoms with Gasteiger partial charge in [0.05, 0.1) is 12.7 Å². The lowest BCUT2D eigenvalue weighted by Crippen LogP contribution is -2.48. The summed E-state index contributed by atoms with van der Waals surface area (Å²) in [6.07, 6.45) is 3.26. The van der Waals surface area contributed by atoms with Crippen molar-refractivity contribution in [2.24, 2.45) is 0 Å². The molecular weight excluding hydrogens is 254 g/mol. The van der Waals surface area contributed by atoms with Crippen molar-refractivity contribution in [2.75, 3.05) is 7.11 Å². The molecule has 2 saturated heterocycles. The zero-order chi connectivity index (χ0) is 14.1. The molecule has 3 rings (SSSR count). The van der Waals surface area contributed by atoms with Crippen molar-refractivity contribution in [2.45, 2.75) is 50.5 Å². The Morgan fingerprint density at radius 3 is 2.40 bits per heavy atom. The van der Waals surface area contributed by atoms with Gasteiger partial charge in [0.15, 0.2) is 0 Å². The van der Waals surface area contributed by atoms with Gasteiger partial charge in [-0.05, 0) is 43.4 Å². The third-order valence-corrected chi connectivity index (χ3v) is 4.45. The van der Waals surface area contributed by atoms with Crippen LogP contribution in [0, 0.1) is 0 Å². The number of benzene rings is 1. The van der Waals surface area contributed by atoms with Gasteiger partial charge in [-0.15, -0.1) is 0 Å². The number of carbonyl (C=O) groups is 1. The molecule has 0 spiro atoms. The van der Waals surface area contributed by atoms with E-state index in [4.69, 9.17) is 4.74 Å². The second kappa shape index (κ2) is 5.54. The van der Waals surface area contributed by atoms with Crippen LogP contribution in [0.2, 0.25) is 0 Å². The first kappa shape index (κ1) is 13.6. The fourth-order valence-electron chi connectivity index (χ4n) is 3.54. The summed E-state index contributed by atoms with van der Waals surface area (Å²) < 4.78 is 5.08. The molecule has 0 aromatic heterocycles. The maximum absolute atomic E-state index is 12.6. The largest absolute Gasteiger partial charge is 0.393 e. The molecule has 1 aromatic rings. The highest BCUT2D eigenvalue weighted by atomic mass is 16.5. The minimum absolute atomic E-state index is 0.105. The van der Waals surface area contributed by atoms with Gasteiger partial charge in [0.1, 0.15) is 0 Å². The SMILES string of the molecule is COCc1ccc(C(=O)N2C3CCC2CC(O)C3)cc1. The number of piperidine rings is 1. The Kier molecular flexibility index (Phi) is 3.76. The number of hydrogen-bond acceptors (Lipinski definition) is 3. The molecule has 0 radical (unpaired) electrons. The Morgan fingerprint density at radius 1 is 1.25 bits per heavy atom. The summed E-state index contributed by atoms with van der Waals surface area (Å²) in [5, 5.41) is 9.80. The summed E-state index contributed by atoms with van der Waals surface area (Å²) in [6.45, 7) is 0.565. The molecule has 2 aliphatic rings. The summed E-state index contributed by atoms with van der Waals surface area (Å²) in [5.74, 6) is 0.105. The van der Waals surface area contributed by atoms with E-state index >= 15 is 0 Å². The zero-order valence-corrected chi connectivity index (χ0v) is 11.8. The van der Waals surface area contributed by atoms with Crippen LogP contribution in [0.5, 0.6) is 0 Å². The third kappa shape index (κ3) is 2.45. The second-order valence-electron chi connectivity index (χ2n) is 5.85. The number of amides is 1. The summed E-state index contributed by atoms with van der Waals surface area (Å²) in [5.41, 5.74) is 1.80. The van der Waals surface area contributed by atoms with Crippen LogP contribution >= 0.6 is 0 Å². The molecule has 4 heteroatoms. The Balaban J connectivity index is 1.76. The molecule has 0 saturated carbocycles. The smallest absolute Gasteiger partial charge is 0.254 e. The van der Waals surface area contributed by atoms with Crippen molar-refractivity contribution in [3.05, 3.63) is 35.4 Å². The molecule has 2 heterocycles. The maximum atomic E-state index is 12.6. The van der Waals surface area contributed by atoms with E-state index < -0.39 is 0 Å². The number of carbonyl (C=O) groups excluding carboxylic acids is 1. The lowest BCUT2D eigenvalue weighted by Gasteiger charge is -2.37. The maximum Gasteiger partial charge on any atom is 0.254 e. The molecule has 1 N–H and O–H groups in total. The van der Waals surface area contributed by atoms with Crippen LogP contribution in [0.3, 0.4) is 0 Å². The average molecular weight is 275 g/mol. The lowest BCUT2D eigenvalue weighted by molar-refractivity contribution is 0.0287. The minimum atomic E-state index is -0.236. The standard InChI is InChI=1S/C16H21NO3/c1-20-10-11-2-4-12(5-3-11)16(19)17-13-6-7-14(17)9-15(18)8-13/h2-5,13-15,18H,6-10H2,1H3. The van der Waals surface area contributed by atoms with Crippen molar-refractivity contribution < 1.29 is 14.6 Å². The lowest BCUT2D eigenvalue weighted by atomic mass is 9.98. The van der Waals surface area contributed by atoms with Gasteiger partial charge in [-0.2, -0.15) is 0 Å². The quantitative estimate of drug-likeness (QED) is 0.917. The summed E-state index contributed by atoms with van der Waals surface area (Å²) in [6, 6.07) is 8.07. The topological polar surface area (TPSA) is 49.8 Å². The molecule has 0 aliphatic carbocycles. The van der Waals surface area contributed by atoms with Gasteiger partial charge in [-0.25, -0.2) is 0 Å². The number of rotatable bonds is 3. The summed E-state index contributed by atoms with van der Waals surface area (Å²) in [4.78, 5) is 14.6. The van der Waals surface area contributed by atoms with E-state index in [1.807, 2.05) is 29.2 Å². The predicted octanol–water partition coefficient (Wildman–Crippen LogP) is 1.96. The van der Waals surface area contributed by atoms with Crippen molar-refractivity contribution >= 4 is 5.91 Å². The fourth-order valence-corrected chi connectivity index (χ4v) is 3.54. The number of methoxy groups -OCH3 is 1. The van der Waals surface area contributed by atoms with Gasteiger partial charge < -0.3 is 14.7 Å². The number of aliphatic hydroxyl groups is 1. The van der Waals surface area contributed by atoms with Crippen LogP contribution < -0.4 is 0 Å². The molecular formula is C16H21NO3. The molecule has 1 amide bonds. The average Bonchev–Trinajstić information content (AvgIpc) is 2.71. The Hall–Kier alpha value is -1.39. The van der Waals surface area contributed by atoms with Gasteiger partial charge in [-0.1, -0.05) is 12.1 Å². The minimum Gasteiger partial charge on any atom is -0.393 e. The van der Waals surface area contributed by atoms with Crippen molar-refractivity contribution in [1.82, 2.24) is 4.90 Å². The van der Waals surface area contributed by atoms with E-state index in [-0.39, 0.29) is 24.1 Å². The van der Waals surface area contributed by atoms with Crippen LogP contribution in [0.15, 0.2) is 24.3 Å². The normalized spacial score (nSPS) is 28.7. The van der Waals surface area contributed by atoms with Gasteiger partial charge in [0, 0.05) is 24.8 Å². The third-order valence-electron chi connectivity index (χ3n) is 4.45. The van der Waals surface area contributed by atoms with E-state index in [2.05, 4.69) is 0 Å². The first-order valence-electron chi connectivity index (χ1n) is 7.27. The number of aliphatic hydroxyl groups excluding tert-OH is 1. The molecule has 2 fully saturated rings. The van der Waals surface area contributed by atoms with Crippen molar-refractivity contribution in [3.63, 3.8) is 0 Å². The Morgan fingerprint density at radius 2 is 1.85 bits per heavy atom. The van der Waals surface area contributed by atoms with E-state index in [1.54, 1.807) is 7.11 Å². The van der Waals surface area contributed by atoms with Gasteiger partial charge in [0.25, 0.3) is 5.91 Å². The number of fused-ring (bicyclic) bond motifs is 2. The summed E-state index contributed by atoms with van der Waals surface area (Å²) in [7, 11) is 1.66. The van der Waals surface area contributed by atoms with Gasteiger partial charge in [0.2, 0.25) is 0 Å². The number of ether oxygens (including phenoxy) is 1. The monoisotopic (exact) mass is 275 g/mol. The zero-order valence-electron chi connectivity index (χ0n) is 11.8. The highest BCUT2D eigenvalue weighted by Crippen LogP contribution is 2.36. The molecule has 20 heavy (non-hydrogen) atoms. The molecule has 4 nitrogen and oxygen atoms in total. The van der Waals surface area contributed by atoms with Gasteiger partial charge in [-0.3, -0.25) is 4.79 Å². The van der Waals surface area contributed by atoms with Crippen molar-refractivity contribution in [1.29, 1.82) is 0 Å². The van der Waals surface area contributed by atoms with Crippen LogP contribution in [0.4, 0.5) is 0 Å². The van der Waals surface area contributed by atoms with E-state index in [1.165, 1.54) is 0 Å². The molecule has 1 aromatic carbocycles. The second-order valence-corrected chi connectivity index (χ2v) is 5.85. The van der Waals surface area contributed by atoms with E-state index in [9.17, 15) is 9.90 Å². The van der Waals surface area contributed by atoms with Crippen LogP contribution in [0.25, 0.3) is 0 Å². The van der Waals surface area contributed by atoms with Crippen LogP contribution in [-0.2, 0) is 11.3 Å². The fraction of sp³-hybridized carbons (Fsp3) is 0.562. The van der Waals surface area contributed by atoms with Gasteiger partial charge >= 0.3 is 0 Å². The molecule has 2 atom stereocenters. The molecule has 2 bridgehead atoms. The summed E-state index contributed by atoms with van der Waals surface area (Å²) >= 11 is 0. The first-order chi connectivity index (χ1) is 9.69. The molecule has 108 valence electrons. The Labute approximate surface area is 119 Å². The highest BCUT2D eigenvalue weighted by Gasteiger charge is 2.42. The Bertz CT molecular complexity index is 471. The first-order valence-corrected chi connectivity index (χ1v) is 7.27. The predicted molar refractivity (Wildman–Crippen MR) is 75.4 cm³/mol. The number of nitrogens with zero attached hydrogens (tertiary/aromatic N) is 1.